The van der Waals surface area contributed by atoms with Crippen molar-refractivity contribution in [3.8, 4) is 11.1 Å². The number of nitrogens with one attached hydrogen (secondary N) is 1. The number of amides is 1. The van der Waals surface area contributed by atoms with Crippen LogP contribution in [0.5, 0.6) is 0 Å². The van der Waals surface area contributed by atoms with E-state index < -0.39 is 11.4 Å². The summed E-state index contributed by atoms with van der Waals surface area (Å²) in [6.07, 6.45) is 2.97. The van der Waals surface area contributed by atoms with Crippen molar-refractivity contribution < 1.29 is 19.0 Å². The van der Waals surface area contributed by atoms with E-state index in [1.807, 2.05) is 25.1 Å². The van der Waals surface area contributed by atoms with Gasteiger partial charge in [-0.15, -0.1) is 0 Å². The highest BCUT2D eigenvalue weighted by Gasteiger charge is 2.48. The Balaban J connectivity index is 1.77. The van der Waals surface area contributed by atoms with E-state index in [0.717, 1.165) is 24.0 Å². The zero-order valence-corrected chi connectivity index (χ0v) is 17.1. The van der Waals surface area contributed by atoms with E-state index in [0.29, 0.717) is 34.6 Å². The van der Waals surface area contributed by atoms with Crippen molar-refractivity contribution in [3.63, 3.8) is 0 Å². The molecule has 4 rings (SSSR count). The molecule has 0 saturated heterocycles. The van der Waals surface area contributed by atoms with Gasteiger partial charge in [0.25, 0.3) is 5.91 Å². The first kappa shape index (κ1) is 19.9. The first-order valence-electron chi connectivity index (χ1n) is 9.70. The van der Waals surface area contributed by atoms with Crippen LogP contribution in [-0.4, -0.2) is 29.8 Å². The number of hydrogen-bond donors (Lipinski definition) is 2. The fourth-order valence-electron chi connectivity index (χ4n) is 4.40. The van der Waals surface area contributed by atoms with Crippen LogP contribution in [0.25, 0.3) is 16.7 Å². The summed E-state index contributed by atoms with van der Waals surface area (Å²) in [6, 6.07) is 9.82. The molecule has 2 aliphatic rings. The molecule has 29 heavy (non-hydrogen) atoms. The van der Waals surface area contributed by atoms with Gasteiger partial charge in [0.1, 0.15) is 11.6 Å². The second-order valence-electron chi connectivity index (χ2n) is 7.85. The molecule has 1 heterocycles. The molecule has 0 bridgehead atoms. The topological polar surface area (TPSA) is 58.6 Å². The Hall–Kier alpha value is -2.37. The molecule has 0 unspecified atom stereocenters. The van der Waals surface area contributed by atoms with Gasteiger partial charge >= 0.3 is 0 Å². The Morgan fingerprint density at radius 2 is 1.90 bits per heavy atom. The minimum Gasteiger partial charge on any atom is -0.509 e. The number of methoxy groups -OCH3 is 1. The van der Waals surface area contributed by atoms with Crippen molar-refractivity contribution in [1.29, 1.82) is 0 Å². The smallest absolute Gasteiger partial charge is 0.256 e. The Labute approximate surface area is 174 Å². The Bertz CT molecular complexity index is 1010. The summed E-state index contributed by atoms with van der Waals surface area (Å²) in [5, 5.41) is 14.4. The van der Waals surface area contributed by atoms with Crippen molar-refractivity contribution in [2.24, 2.45) is 0 Å². The molecule has 2 aromatic rings. The van der Waals surface area contributed by atoms with E-state index in [1.54, 1.807) is 13.2 Å². The highest BCUT2D eigenvalue weighted by molar-refractivity contribution is 6.33. The predicted octanol–water partition coefficient (Wildman–Crippen LogP) is 5.18. The highest BCUT2D eigenvalue weighted by atomic mass is 35.5. The van der Waals surface area contributed by atoms with Crippen molar-refractivity contribution in [3.05, 3.63) is 64.1 Å². The van der Waals surface area contributed by atoms with Gasteiger partial charge in [-0.25, -0.2) is 4.39 Å². The van der Waals surface area contributed by atoms with E-state index in [-0.39, 0.29) is 17.8 Å². The largest absolute Gasteiger partial charge is 0.509 e. The number of ether oxygens (including phenoxy) is 1. The van der Waals surface area contributed by atoms with Gasteiger partial charge in [0.2, 0.25) is 0 Å². The quantitative estimate of drug-likeness (QED) is 0.726. The van der Waals surface area contributed by atoms with Gasteiger partial charge in [-0.3, -0.25) is 4.79 Å². The van der Waals surface area contributed by atoms with Crippen LogP contribution in [0.15, 0.2) is 42.2 Å². The van der Waals surface area contributed by atoms with Crippen LogP contribution < -0.4 is 5.32 Å². The van der Waals surface area contributed by atoms with Crippen LogP contribution in [0.4, 0.5) is 4.39 Å². The molecule has 1 aliphatic carbocycles. The number of benzene rings is 2. The zero-order valence-electron chi connectivity index (χ0n) is 16.4. The van der Waals surface area contributed by atoms with Crippen LogP contribution >= 0.6 is 11.6 Å². The van der Waals surface area contributed by atoms with E-state index >= 15 is 0 Å². The van der Waals surface area contributed by atoms with Gasteiger partial charge in [0.15, 0.2) is 0 Å². The van der Waals surface area contributed by atoms with Crippen molar-refractivity contribution >= 4 is 23.1 Å². The zero-order chi connectivity index (χ0) is 20.8. The number of hydrogen-bond acceptors (Lipinski definition) is 3. The standard InChI is InChI=1S/C23H23ClFNO3/c1-13-3-4-14(17-6-5-15(25)12-19(17)24)11-18(13)20-21(27)23(26-22(20)28)9-7-16(29-2)8-10-23/h3-6,11-12,16,27H,7-10H2,1-2H3,(H,26,28)/t16-,23-. The van der Waals surface area contributed by atoms with Crippen LogP contribution in [0.3, 0.4) is 0 Å². The molecule has 2 aromatic carbocycles. The lowest BCUT2D eigenvalue weighted by Gasteiger charge is -2.36. The molecule has 0 atom stereocenters. The van der Waals surface area contributed by atoms with E-state index in [2.05, 4.69) is 5.32 Å². The summed E-state index contributed by atoms with van der Waals surface area (Å²) in [6.45, 7) is 1.89. The molecule has 1 saturated carbocycles. The summed E-state index contributed by atoms with van der Waals surface area (Å²) < 4.78 is 18.8. The molecule has 152 valence electrons. The van der Waals surface area contributed by atoms with Crippen molar-refractivity contribution in [1.82, 2.24) is 5.32 Å². The molecule has 2 N–H and O–H groups in total. The van der Waals surface area contributed by atoms with Gasteiger partial charge in [0.05, 0.1) is 22.2 Å². The first-order chi connectivity index (χ1) is 13.8. The molecule has 0 aromatic heterocycles. The maximum atomic E-state index is 13.4. The maximum Gasteiger partial charge on any atom is 0.256 e. The number of aryl methyl sites for hydroxylation is 1. The lowest BCUT2D eigenvalue weighted by Crippen LogP contribution is -2.48. The maximum absolute atomic E-state index is 13.4. The second kappa shape index (κ2) is 7.47. The number of aliphatic hydroxyl groups is 1. The fraction of sp³-hybridized carbons (Fsp3) is 0.348. The third-order valence-corrected chi connectivity index (χ3v) is 6.45. The Morgan fingerprint density at radius 1 is 1.17 bits per heavy atom. The molecule has 1 aliphatic heterocycles. The molecular formula is C23H23ClFNO3. The first-order valence-corrected chi connectivity index (χ1v) is 10.1. The molecule has 6 heteroatoms. The highest BCUT2D eigenvalue weighted by Crippen LogP contribution is 2.43. The average Bonchev–Trinajstić information content (AvgIpc) is 2.93. The van der Waals surface area contributed by atoms with Gasteiger partial charge in [-0.2, -0.15) is 0 Å². The van der Waals surface area contributed by atoms with E-state index in [1.165, 1.54) is 12.1 Å². The van der Waals surface area contributed by atoms with Gasteiger partial charge in [0, 0.05) is 12.7 Å². The average molecular weight is 416 g/mol. The number of carbonyl (C=O) groups is 1. The minimum atomic E-state index is -0.725. The number of carbonyl (C=O) groups excluding carboxylic acids is 1. The van der Waals surface area contributed by atoms with E-state index in [4.69, 9.17) is 16.3 Å². The summed E-state index contributed by atoms with van der Waals surface area (Å²) in [5.41, 5.74) is 2.53. The van der Waals surface area contributed by atoms with Crippen molar-refractivity contribution in [2.45, 2.75) is 44.2 Å². The number of aliphatic hydroxyl groups excluding tert-OH is 1. The molecular weight excluding hydrogens is 393 g/mol. The van der Waals surface area contributed by atoms with Gasteiger partial charge in [-0.05, 0) is 73.6 Å². The normalized spacial score (nSPS) is 24.3. The van der Waals surface area contributed by atoms with Gasteiger partial charge < -0.3 is 15.2 Å². The fourth-order valence-corrected chi connectivity index (χ4v) is 4.68. The molecule has 1 amide bonds. The third kappa shape index (κ3) is 3.43. The van der Waals surface area contributed by atoms with Crippen LogP contribution in [0.2, 0.25) is 5.02 Å². The monoisotopic (exact) mass is 415 g/mol. The third-order valence-electron chi connectivity index (χ3n) is 6.14. The van der Waals surface area contributed by atoms with Crippen LogP contribution in [-0.2, 0) is 9.53 Å². The summed E-state index contributed by atoms with van der Waals surface area (Å²) in [5.74, 6) is -0.582. The number of rotatable bonds is 3. The lowest BCUT2D eigenvalue weighted by atomic mass is 9.79. The van der Waals surface area contributed by atoms with Crippen molar-refractivity contribution in [2.75, 3.05) is 7.11 Å². The number of halogens is 2. The Morgan fingerprint density at radius 3 is 2.55 bits per heavy atom. The molecule has 1 spiro atoms. The summed E-state index contributed by atoms with van der Waals surface area (Å²) >= 11 is 6.22. The van der Waals surface area contributed by atoms with Crippen LogP contribution in [0.1, 0.15) is 36.8 Å². The van der Waals surface area contributed by atoms with Crippen LogP contribution in [0, 0.1) is 12.7 Å². The predicted molar refractivity (Wildman–Crippen MR) is 111 cm³/mol. The van der Waals surface area contributed by atoms with E-state index in [9.17, 15) is 14.3 Å². The summed E-state index contributed by atoms with van der Waals surface area (Å²) in [7, 11) is 1.69. The Kier molecular flexibility index (Phi) is 5.13. The molecule has 1 fully saturated rings. The molecule has 4 nitrogen and oxygen atoms in total. The summed E-state index contributed by atoms with van der Waals surface area (Å²) in [4.78, 5) is 12.9. The second-order valence-corrected chi connectivity index (χ2v) is 8.26. The van der Waals surface area contributed by atoms with Gasteiger partial charge in [-0.1, -0.05) is 23.7 Å². The lowest BCUT2D eigenvalue weighted by molar-refractivity contribution is -0.116. The SMILES string of the molecule is CO[C@H]1CC[C@@]2(CC1)NC(=O)C(c1cc(-c3ccc(F)cc3Cl)ccc1C)=C2O. The molecule has 0 radical (unpaired) electrons. The minimum absolute atomic E-state index is 0.0995.